The molecule has 0 radical (unpaired) electrons. The maximum absolute atomic E-state index is 13.2. The van der Waals surface area contributed by atoms with E-state index in [9.17, 15) is 13.2 Å². The van der Waals surface area contributed by atoms with Crippen LogP contribution in [0.4, 0.5) is 18.9 Å². The zero-order chi connectivity index (χ0) is 16.0. The predicted molar refractivity (Wildman–Crippen MR) is 76.9 cm³/mol. The molecule has 0 aliphatic heterocycles. The molecule has 7 heteroatoms. The van der Waals surface area contributed by atoms with Crippen molar-refractivity contribution in [2.75, 3.05) is 19.8 Å². The first-order chi connectivity index (χ1) is 9.52. The van der Waals surface area contributed by atoms with Gasteiger partial charge in [0.25, 0.3) is 0 Å². The highest BCUT2D eigenvalue weighted by Gasteiger charge is 2.39. The molecule has 0 atom stereocenters. The number of imidazole rings is 1. The van der Waals surface area contributed by atoms with E-state index in [1.54, 1.807) is 12.1 Å². The van der Waals surface area contributed by atoms with E-state index in [1.165, 1.54) is 10.6 Å². The van der Waals surface area contributed by atoms with Crippen molar-refractivity contribution in [1.29, 1.82) is 0 Å². The summed E-state index contributed by atoms with van der Waals surface area (Å²) in [7, 11) is 3.68. The quantitative estimate of drug-likeness (QED) is 0.887. The van der Waals surface area contributed by atoms with E-state index in [2.05, 4.69) is 4.98 Å². The lowest BCUT2D eigenvalue weighted by molar-refractivity contribution is -0.147. The third-order valence-corrected chi connectivity index (χ3v) is 3.78. The van der Waals surface area contributed by atoms with Crippen LogP contribution in [-0.4, -0.2) is 34.1 Å². The summed E-state index contributed by atoms with van der Waals surface area (Å²) in [6.07, 6.45) is -4.50. The van der Waals surface area contributed by atoms with Gasteiger partial charge >= 0.3 is 6.18 Å². The summed E-state index contributed by atoms with van der Waals surface area (Å²) in [5, 5.41) is 0. The van der Waals surface area contributed by atoms with Crippen molar-refractivity contribution in [1.82, 2.24) is 14.5 Å². The van der Waals surface area contributed by atoms with Crippen molar-refractivity contribution in [3.8, 4) is 0 Å². The molecular weight excluding hydrogens is 281 g/mol. The van der Waals surface area contributed by atoms with Crippen molar-refractivity contribution in [3.05, 3.63) is 24.0 Å². The molecule has 0 spiro atoms. The number of alkyl halides is 3. The van der Waals surface area contributed by atoms with E-state index < -0.39 is 17.5 Å². The van der Waals surface area contributed by atoms with Crippen LogP contribution in [0.25, 0.3) is 11.0 Å². The first kappa shape index (κ1) is 15.6. The van der Waals surface area contributed by atoms with Crippen molar-refractivity contribution in [2.45, 2.75) is 32.1 Å². The highest BCUT2D eigenvalue weighted by atomic mass is 19.4. The second-order valence-electron chi connectivity index (χ2n) is 5.97. The Morgan fingerprint density at radius 2 is 1.86 bits per heavy atom. The van der Waals surface area contributed by atoms with E-state index in [0.29, 0.717) is 11.2 Å². The topological polar surface area (TPSA) is 47.1 Å². The largest absolute Gasteiger partial charge is 0.449 e. The van der Waals surface area contributed by atoms with Gasteiger partial charge in [0.05, 0.1) is 11.0 Å². The SMILES string of the molecule is CN(C)C(C)(C)Cn1c(C(F)(F)F)nc2cc(N)ccc21. The van der Waals surface area contributed by atoms with Crippen LogP contribution in [0, 0.1) is 0 Å². The Balaban J connectivity index is 2.64. The molecule has 0 aliphatic carbocycles. The molecule has 1 aromatic heterocycles. The zero-order valence-electron chi connectivity index (χ0n) is 12.5. The molecule has 0 amide bonds. The van der Waals surface area contributed by atoms with Crippen LogP contribution in [-0.2, 0) is 12.7 Å². The Kier molecular flexibility index (Phi) is 3.65. The highest BCUT2D eigenvalue weighted by molar-refractivity contribution is 5.79. The molecule has 0 saturated heterocycles. The van der Waals surface area contributed by atoms with Gasteiger partial charge in [-0.2, -0.15) is 13.2 Å². The number of fused-ring (bicyclic) bond motifs is 1. The van der Waals surface area contributed by atoms with Gasteiger partial charge in [-0.3, -0.25) is 0 Å². The van der Waals surface area contributed by atoms with Crippen LogP contribution in [0.2, 0.25) is 0 Å². The van der Waals surface area contributed by atoms with E-state index in [0.717, 1.165) is 0 Å². The zero-order valence-corrected chi connectivity index (χ0v) is 12.5. The number of hydrogen-bond donors (Lipinski definition) is 1. The molecule has 2 aromatic rings. The molecule has 4 nitrogen and oxygen atoms in total. The number of aromatic nitrogens is 2. The van der Waals surface area contributed by atoms with Gasteiger partial charge in [0.15, 0.2) is 0 Å². The molecule has 2 rings (SSSR count). The normalized spacial score (nSPS) is 13.3. The van der Waals surface area contributed by atoms with Gasteiger partial charge in [-0.1, -0.05) is 0 Å². The maximum Gasteiger partial charge on any atom is 0.449 e. The summed E-state index contributed by atoms with van der Waals surface area (Å²) < 4.78 is 40.9. The van der Waals surface area contributed by atoms with Gasteiger partial charge in [0.1, 0.15) is 0 Å². The first-order valence-corrected chi connectivity index (χ1v) is 6.53. The monoisotopic (exact) mass is 300 g/mol. The van der Waals surface area contributed by atoms with Gasteiger partial charge in [0.2, 0.25) is 5.82 Å². The Morgan fingerprint density at radius 1 is 1.24 bits per heavy atom. The van der Waals surface area contributed by atoms with Crippen molar-refractivity contribution < 1.29 is 13.2 Å². The molecular formula is C14H19F3N4. The lowest BCUT2D eigenvalue weighted by Gasteiger charge is -2.33. The van der Waals surface area contributed by atoms with Gasteiger partial charge in [0, 0.05) is 17.8 Å². The Labute approximate surface area is 121 Å². The Morgan fingerprint density at radius 3 is 2.38 bits per heavy atom. The molecule has 0 saturated carbocycles. The van der Waals surface area contributed by atoms with Gasteiger partial charge in [-0.25, -0.2) is 4.98 Å². The van der Waals surface area contributed by atoms with Gasteiger partial charge < -0.3 is 15.2 Å². The van der Waals surface area contributed by atoms with Gasteiger partial charge in [-0.05, 0) is 46.1 Å². The van der Waals surface area contributed by atoms with Crippen molar-refractivity contribution in [3.63, 3.8) is 0 Å². The number of nitrogens with two attached hydrogens (primary N) is 1. The number of halogens is 3. The minimum atomic E-state index is -4.50. The van der Waals surface area contributed by atoms with E-state index in [1.807, 2.05) is 32.8 Å². The van der Waals surface area contributed by atoms with E-state index in [-0.39, 0.29) is 12.1 Å². The first-order valence-electron chi connectivity index (χ1n) is 6.53. The number of rotatable bonds is 3. The second-order valence-corrected chi connectivity index (χ2v) is 5.97. The van der Waals surface area contributed by atoms with Crippen molar-refractivity contribution >= 4 is 16.7 Å². The fourth-order valence-corrected chi connectivity index (χ4v) is 2.05. The minimum Gasteiger partial charge on any atom is -0.399 e. The van der Waals surface area contributed by atoms with Crippen LogP contribution in [0.3, 0.4) is 0 Å². The fourth-order valence-electron chi connectivity index (χ4n) is 2.05. The summed E-state index contributed by atoms with van der Waals surface area (Å²) >= 11 is 0. The molecule has 0 fully saturated rings. The maximum atomic E-state index is 13.2. The minimum absolute atomic E-state index is 0.176. The lowest BCUT2D eigenvalue weighted by Crippen LogP contribution is -2.42. The number of benzene rings is 1. The van der Waals surface area contributed by atoms with Crippen LogP contribution in [0.5, 0.6) is 0 Å². The third-order valence-electron chi connectivity index (χ3n) is 3.78. The molecule has 0 bridgehead atoms. The molecule has 1 aromatic carbocycles. The number of hydrogen-bond acceptors (Lipinski definition) is 3. The number of nitrogens with zero attached hydrogens (tertiary/aromatic N) is 3. The standard InChI is InChI=1S/C14H19F3N4/c1-13(2,20(3)4)8-21-11-6-5-9(18)7-10(11)19-12(21)14(15,16)17/h5-7H,8,18H2,1-4H3. The average Bonchev–Trinajstić information content (AvgIpc) is 2.66. The Bertz CT molecular complexity index is 656. The summed E-state index contributed by atoms with van der Waals surface area (Å²) in [5.74, 6) is -0.891. The second kappa shape index (κ2) is 4.91. The van der Waals surface area contributed by atoms with E-state index in [4.69, 9.17) is 5.73 Å². The molecule has 0 aliphatic rings. The molecule has 116 valence electrons. The smallest absolute Gasteiger partial charge is 0.399 e. The average molecular weight is 300 g/mol. The van der Waals surface area contributed by atoms with Crippen LogP contribution < -0.4 is 5.73 Å². The van der Waals surface area contributed by atoms with Crippen molar-refractivity contribution in [2.24, 2.45) is 0 Å². The lowest BCUT2D eigenvalue weighted by atomic mass is 10.0. The molecule has 1 heterocycles. The number of nitrogen functional groups attached to an aromatic ring is 1. The number of likely N-dealkylation sites (N-methyl/N-ethyl adjacent to an activating group) is 1. The summed E-state index contributed by atoms with van der Waals surface area (Å²) in [5.41, 5.74) is 6.27. The fraction of sp³-hybridized carbons (Fsp3) is 0.500. The Hall–Kier alpha value is -1.76. The number of anilines is 1. The van der Waals surface area contributed by atoms with Crippen LogP contribution >= 0.6 is 0 Å². The summed E-state index contributed by atoms with van der Waals surface area (Å²) in [4.78, 5) is 5.61. The molecule has 0 unspecified atom stereocenters. The molecule has 21 heavy (non-hydrogen) atoms. The predicted octanol–water partition coefficient (Wildman–Crippen LogP) is 2.98. The highest BCUT2D eigenvalue weighted by Crippen LogP contribution is 2.33. The van der Waals surface area contributed by atoms with E-state index >= 15 is 0 Å². The van der Waals surface area contributed by atoms with Gasteiger partial charge in [-0.15, -0.1) is 0 Å². The third kappa shape index (κ3) is 2.97. The molecule has 2 N–H and O–H groups in total. The summed E-state index contributed by atoms with van der Waals surface area (Å²) in [6.45, 7) is 3.95. The summed E-state index contributed by atoms with van der Waals surface area (Å²) in [6, 6.07) is 4.63. The van der Waals surface area contributed by atoms with Crippen LogP contribution in [0.1, 0.15) is 19.7 Å². The van der Waals surface area contributed by atoms with Crippen LogP contribution in [0.15, 0.2) is 18.2 Å².